The van der Waals surface area contributed by atoms with Crippen molar-refractivity contribution in [2.45, 2.75) is 13.5 Å². The normalized spacial score (nSPS) is 10.0. The Morgan fingerprint density at radius 1 is 1.11 bits per heavy atom. The van der Waals surface area contributed by atoms with E-state index < -0.39 is 0 Å². The molecule has 0 radical (unpaired) electrons. The highest BCUT2D eigenvalue weighted by molar-refractivity contribution is 7.80. The number of hydrogen-bond acceptors (Lipinski definition) is 2. The number of benzene rings is 2. The second kappa shape index (κ2) is 6.34. The SMILES string of the molecule is COc1ccc(CNC(=S)c2ccccc2C)cc1. The van der Waals surface area contributed by atoms with Crippen LogP contribution in [0.1, 0.15) is 16.7 Å². The van der Waals surface area contributed by atoms with E-state index >= 15 is 0 Å². The molecule has 0 aliphatic heterocycles. The largest absolute Gasteiger partial charge is 0.497 e. The van der Waals surface area contributed by atoms with E-state index in [0.29, 0.717) is 0 Å². The van der Waals surface area contributed by atoms with E-state index in [1.165, 1.54) is 11.1 Å². The summed E-state index contributed by atoms with van der Waals surface area (Å²) >= 11 is 5.42. The van der Waals surface area contributed by atoms with Gasteiger partial charge in [-0.05, 0) is 30.2 Å². The molecule has 0 aromatic heterocycles. The third kappa shape index (κ3) is 3.55. The summed E-state index contributed by atoms with van der Waals surface area (Å²) in [5.41, 5.74) is 3.46. The minimum absolute atomic E-state index is 0.719. The first-order valence-electron chi connectivity index (χ1n) is 6.17. The Hall–Kier alpha value is -1.87. The monoisotopic (exact) mass is 271 g/mol. The van der Waals surface area contributed by atoms with Crippen LogP contribution in [0.4, 0.5) is 0 Å². The Morgan fingerprint density at radius 2 is 1.79 bits per heavy atom. The summed E-state index contributed by atoms with van der Waals surface area (Å²) in [6.45, 7) is 2.79. The highest BCUT2D eigenvalue weighted by atomic mass is 32.1. The lowest BCUT2D eigenvalue weighted by atomic mass is 10.1. The number of ether oxygens (including phenoxy) is 1. The average Bonchev–Trinajstić information content (AvgIpc) is 2.46. The van der Waals surface area contributed by atoms with Crippen molar-refractivity contribution >= 4 is 17.2 Å². The molecule has 0 unspecified atom stereocenters. The van der Waals surface area contributed by atoms with Gasteiger partial charge in [-0.1, -0.05) is 48.6 Å². The summed E-state index contributed by atoms with van der Waals surface area (Å²) in [5.74, 6) is 0.866. The quantitative estimate of drug-likeness (QED) is 0.860. The summed E-state index contributed by atoms with van der Waals surface area (Å²) in [7, 11) is 1.67. The molecule has 0 saturated heterocycles. The van der Waals surface area contributed by atoms with Crippen LogP contribution in [0.25, 0.3) is 0 Å². The standard InChI is InChI=1S/C16H17NOS/c1-12-5-3-4-6-15(12)16(19)17-11-13-7-9-14(18-2)10-8-13/h3-10H,11H2,1-2H3,(H,17,19). The first-order valence-corrected chi connectivity index (χ1v) is 6.58. The maximum absolute atomic E-state index is 5.42. The van der Waals surface area contributed by atoms with Crippen LogP contribution in [0.2, 0.25) is 0 Å². The van der Waals surface area contributed by atoms with E-state index in [2.05, 4.69) is 18.3 Å². The number of nitrogens with one attached hydrogen (secondary N) is 1. The molecule has 0 spiro atoms. The molecule has 2 aromatic rings. The van der Waals surface area contributed by atoms with E-state index in [1.54, 1.807) is 7.11 Å². The fraction of sp³-hybridized carbons (Fsp3) is 0.188. The molecule has 19 heavy (non-hydrogen) atoms. The van der Waals surface area contributed by atoms with Crippen LogP contribution < -0.4 is 10.1 Å². The van der Waals surface area contributed by atoms with Crippen LogP contribution in [-0.2, 0) is 6.54 Å². The molecule has 1 N–H and O–H groups in total. The molecule has 0 amide bonds. The Labute approximate surface area is 119 Å². The van der Waals surface area contributed by atoms with Crippen LogP contribution in [-0.4, -0.2) is 12.1 Å². The molecule has 3 heteroatoms. The minimum atomic E-state index is 0.719. The first kappa shape index (κ1) is 13.6. The van der Waals surface area contributed by atoms with Gasteiger partial charge in [-0.2, -0.15) is 0 Å². The molecule has 0 atom stereocenters. The van der Waals surface area contributed by atoms with Crippen molar-refractivity contribution in [1.29, 1.82) is 0 Å². The van der Waals surface area contributed by atoms with Crippen molar-refractivity contribution in [3.8, 4) is 5.75 Å². The van der Waals surface area contributed by atoms with Crippen LogP contribution in [0, 0.1) is 6.92 Å². The molecule has 0 heterocycles. The van der Waals surface area contributed by atoms with Crippen LogP contribution in [0.15, 0.2) is 48.5 Å². The number of aryl methyl sites for hydroxylation is 1. The maximum atomic E-state index is 5.42. The third-order valence-corrected chi connectivity index (χ3v) is 3.37. The van der Waals surface area contributed by atoms with Gasteiger partial charge in [0.2, 0.25) is 0 Å². The van der Waals surface area contributed by atoms with Gasteiger partial charge in [0.15, 0.2) is 0 Å². The number of thiocarbonyl (C=S) groups is 1. The molecule has 0 bridgehead atoms. The van der Waals surface area contributed by atoms with Gasteiger partial charge < -0.3 is 10.1 Å². The van der Waals surface area contributed by atoms with E-state index in [9.17, 15) is 0 Å². The second-order valence-corrected chi connectivity index (χ2v) is 4.75. The van der Waals surface area contributed by atoms with Crippen molar-refractivity contribution in [3.05, 3.63) is 65.2 Å². The van der Waals surface area contributed by atoms with Gasteiger partial charge in [-0.3, -0.25) is 0 Å². The highest BCUT2D eigenvalue weighted by Gasteiger charge is 2.03. The van der Waals surface area contributed by atoms with Gasteiger partial charge in [-0.15, -0.1) is 0 Å². The molecule has 0 fully saturated rings. The fourth-order valence-corrected chi connectivity index (χ4v) is 2.15. The van der Waals surface area contributed by atoms with Crippen molar-refractivity contribution < 1.29 is 4.74 Å². The lowest BCUT2D eigenvalue weighted by Crippen LogP contribution is -2.22. The molecule has 0 saturated carbocycles. The van der Waals surface area contributed by atoms with E-state index in [4.69, 9.17) is 17.0 Å². The van der Waals surface area contributed by atoms with Gasteiger partial charge in [-0.25, -0.2) is 0 Å². The second-order valence-electron chi connectivity index (χ2n) is 4.35. The molecule has 98 valence electrons. The summed E-state index contributed by atoms with van der Waals surface area (Å²) in [5, 5.41) is 3.28. The predicted octanol–water partition coefficient (Wildman–Crippen LogP) is 3.47. The van der Waals surface area contributed by atoms with Crippen molar-refractivity contribution in [2.75, 3.05) is 7.11 Å². The zero-order valence-corrected chi connectivity index (χ0v) is 12.0. The summed E-state index contributed by atoms with van der Waals surface area (Å²) in [6.07, 6.45) is 0. The molecule has 0 aliphatic carbocycles. The fourth-order valence-electron chi connectivity index (χ4n) is 1.85. The summed E-state index contributed by atoms with van der Waals surface area (Å²) < 4.78 is 5.13. The molecular weight excluding hydrogens is 254 g/mol. The van der Waals surface area contributed by atoms with E-state index in [-0.39, 0.29) is 0 Å². The minimum Gasteiger partial charge on any atom is -0.497 e. The van der Waals surface area contributed by atoms with Crippen LogP contribution >= 0.6 is 12.2 Å². The first-order chi connectivity index (χ1) is 9.20. The van der Waals surface area contributed by atoms with Gasteiger partial charge >= 0.3 is 0 Å². The van der Waals surface area contributed by atoms with Gasteiger partial charge in [0.25, 0.3) is 0 Å². The van der Waals surface area contributed by atoms with Crippen molar-refractivity contribution in [3.63, 3.8) is 0 Å². The lowest BCUT2D eigenvalue weighted by molar-refractivity contribution is 0.414. The van der Waals surface area contributed by atoms with Crippen molar-refractivity contribution in [1.82, 2.24) is 5.32 Å². The summed E-state index contributed by atoms with van der Waals surface area (Å²) in [6, 6.07) is 16.1. The van der Waals surface area contributed by atoms with Gasteiger partial charge in [0.05, 0.1) is 7.11 Å². The van der Waals surface area contributed by atoms with E-state index in [0.717, 1.165) is 22.8 Å². The van der Waals surface area contributed by atoms with Crippen LogP contribution in [0.5, 0.6) is 5.75 Å². The molecule has 2 aromatic carbocycles. The lowest BCUT2D eigenvalue weighted by Gasteiger charge is -2.10. The Balaban J connectivity index is 1.98. The predicted molar refractivity (Wildman–Crippen MR) is 82.7 cm³/mol. The Bertz CT molecular complexity index is 563. The maximum Gasteiger partial charge on any atom is 0.118 e. The van der Waals surface area contributed by atoms with Crippen LogP contribution in [0.3, 0.4) is 0 Å². The third-order valence-electron chi connectivity index (χ3n) is 3.00. The molecular formula is C16H17NOS. The zero-order valence-electron chi connectivity index (χ0n) is 11.1. The van der Waals surface area contributed by atoms with Crippen molar-refractivity contribution in [2.24, 2.45) is 0 Å². The van der Waals surface area contributed by atoms with Gasteiger partial charge in [0.1, 0.15) is 10.7 Å². The smallest absolute Gasteiger partial charge is 0.118 e. The zero-order chi connectivity index (χ0) is 13.7. The number of hydrogen-bond donors (Lipinski definition) is 1. The molecule has 2 nitrogen and oxygen atoms in total. The Morgan fingerprint density at radius 3 is 2.42 bits per heavy atom. The average molecular weight is 271 g/mol. The Kier molecular flexibility index (Phi) is 4.53. The van der Waals surface area contributed by atoms with Gasteiger partial charge in [0, 0.05) is 12.1 Å². The van der Waals surface area contributed by atoms with E-state index in [1.807, 2.05) is 42.5 Å². The number of methoxy groups -OCH3 is 1. The molecule has 2 rings (SSSR count). The molecule has 0 aliphatic rings. The topological polar surface area (TPSA) is 21.3 Å². The number of rotatable bonds is 4. The highest BCUT2D eigenvalue weighted by Crippen LogP contribution is 2.12. The summed E-state index contributed by atoms with van der Waals surface area (Å²) in [4.78, 5) is 0.786.